The summed E-state index contributed by atoms with van der Waals surface area (Å²) in [5.41, 5.74) is 2.14. The Kier molecular flexibility index (Phi) is 2.24. The first-order valence-corrected chi connectivity index (χ1v) is 4.96. The van der Waals surface area contributed by atoms with Gasteiger partial charge in [0.15, 0.2) is 5.78 Å². The summed E-state index contributed by atoms with van der Waals surface area (Å²) in [7, 11) is 0. The average Bonchev–Trinajstić information content (AvgIpc) is 2.23. The second kappa shape index (κ2) is 3.31. The molecule has 1 aromatic carbocycles. The van der Waals surface area contributed by atoms with Gasteiger partial charge in [0.05, 0.1) is 5.03 Å². The zero-order valence-electron chi connectivity index (χ0n) is 8.43. The Bertz CT molecular complexity index is 512. The average molecular weight is 221 g/mol. The fourth-order valence-electron chi connectivity index (χ4n) is 1.63. The van der Waals surface area contributed by atoms with E-state index in [0.29, 0.717) is 16.7 Å². The van der Waals surface area contributed by atoms with Gasteiger partial charge in [0.1, 0.15) is 0 Å². The summed E-state index contributed by atoms with van der Waals surface area (Å²) in [5.74, 6) is -0.415. The number of aryl methyl sites for hydroxylation is 1. The number of allylic oxidation sites excluding steroid dienone is 2. The van der Waals surface area contributed by atoms with E-state index >= 15 is 0 Å². The third kappa shape index (κ3) is 1.41. The van der Waals surface area contributed by atoms with Crippen molar-refractivity contribution < 1.29 is 9.59 Å². The van der Waals surface area contributed by atoms with Gasteiger partial charge in [-0.15, -0.1) is 0 Å². The van der Waals surface area contributed by atoms with Crippen LogP contribution in [0.5, 0.6) is 0 Å². The summed E-state index contributed by atoms with van der Waals surface area (Å²) in [6.07, 6.45) is 0. The van der Waals surface area contributed by atoms with E-state index in [1.807, 2.05) is 13.0 Å². The summed E-state index contributed by atoms with van der Waals surface area (Å²) in [4.78, 5) is 23.6. The van der Waals surface area contributed by atoms with Crippen molar-refractivity contribution in [1.82, 2.24) is 0 Å². The maximum absolute atomic E-state index is 11.8. The number of carbonyl (C=O) groups is 2. The SMILES string of the molecule is CC1=C(Cl)C(=O)c2cc(C)ccc2C1=O. The van der Waals surface area contributed by atoms with Gasteiger partial charge in [-0.05, 0) is 19.9 Å². The lowest BCUT2D eigenvalue weighted by atomic mass is 9.89. The monoisotopic (exact) mass is 220 g/mol. The standard InChI is InChI=1S/C12H9ClO2/c1-6-3-4-8-9(5-6)12(15)10(13)7(2)11(8)14/h3-5H,1-2H3. The zero-order chi connectivity index (χ0) is 11.2. The molecule has 0 bridgehead atoms. The summed E-state index contributed by atoms with van der Waals surface area (Å²) in [6, 6.07) is 5.19. The quantitative estimate of drug-likeness (QED) is 0.674. The Balaban J connectivity index is 2.73. The van der Waals surface area contributed by atoms with Crippen LogP contribution in [0.3, 0.4) is 0 Å². The first-order chi connectivity index (χ1) is 7.02. The van der Waals surface area contributed by atoms with Gasteiger partial charge in [-0.3, -0.25) is 9.59 Å². The van der Waals surface area contributed by atoms with Crippen LogP contribution >= 0.6 is 11.6 Å². The van der Waals surface area contributed by atoms with Crippen LogP contribution in [-0.2, 0) is 0 Å². The van der Waals surface area contributed by atoms with Crippen LogP contribution in [-0.4, -0.2) is 11.6 Å². The molecular weight excluding hydrogens is 212 g/mol. The van der Waals surface area contributed by atoms with Crippen LogP contribution in [0.1, 0.15) is 33.2 Å². The molecule has 0 radical (unpaired) electrons. The number of rotatable bonds is 0. The molecule has 76 valence electrons. The minimum atomic E-state index is -0.257. The van der Waals surface area contributed by atoms with Crippen LogP contribution in [0.2, 0.25) is 0 Å². The third-order valence-electron chi connectivity index (χ3n) is 2.53. The second-order valence-corrected chi connectivity index (χ2v) is 4.02. The third-order valence-corrected chi connectivity index (χ3v) is 2.99. The summed E-state index contributed by atoms with van der Waals surface area (Å²) >= 11 is 5.80. The van der Waals surface area contributed by atoms with E-state index in [2.05, 4.69) is 0 Å². The number of carbonyl (C=O) groups excluding carboxylic acids is 2. The molecule has 0 saturated carbocycles. The molecule has 0 aliphatic heterocycles. The van der Waals surface area contributed by atoms with Gasteiger partial charge in [0.25, 0.3) is 0 Å². The van der Waals surface area contributed by atoms with E-state index in [0.717, 1.165) is 5.56 Å². The van der Waals surface area contributed by atoms with E-state index in [4.69, 9.17) is 11.6 Å². The van der Waals surface area contributed by atoms with Crippen LogP contribution in [0.15, 0.2) is 28.8 Å². The number of fused-ring (bicyclic) bond motifs is 1. The molecule has 0 spiro atoms. The smallest absolute Gasteiger partial charge is 0.205 e. The number of ketones is 2. The fourth-order valence-corrected chi connectivity index (χ4v) is 1.82. The van der Waals surface area contributed by atoms with E-state index < -0.39 is 0 Å². The van der Waals surface area contributed by atoms with Crippen molar-refractivity contribution in [2.24, 2.45) is 0 Å². The summed E-state index contributed by atoms with van der Waals surface area (Å²) in [6.45, 7) is 3.45. The molecule has 2 rings (SSSR count). The van der Waals surface area contributed by atoms with Crippen molar-refractivity contribution in [1.29, 1.82) is 0 Å². The lowest BCUT2D eigenvalue weighted by Gasteiger charge is -2.15. The molecule has 0 heterocycles. The molecule has 0 atom stereocenters. The topological polar surface area (TPSA) is 34.1 Å². The minimum Gasteiger partial charge on any atom is -0.289 e. The van der Waals surface area contributed by atoms with Crippen LogP contribution in [0, 0.1) is 6.92 Å². The Hall–Kier alpha value is -1.41. The van der Waals surface area contributed by atoms with E-state index in [-0.39, 0.29) is 16.6 Å². The van der Waals surface area contributed by atoms with Gasteiger partial charge in [-0.25, -0.2) is 0 Å². The predicted octanol–water partition coefficient (Wildman–Crippen LogP) is 2.89. The van der Waals surface area contributed by atoms with Gasteiger partial charge in [0, 0.05) is 16.7 Å². The number of benzene rings is 1. The van der Waals surface area contributed by atoms with Crippen molar-refractivity contribution >= 4 is 23.2 Å². The predicted molar refractivity (Wildman–Crippen MR) is 58.4 cm³/mol. The molecule has 0 aromatic heterocycles. The molecule has 0 fully saturated rings. The van der Waals surface area contributed by atoms with E-state index in [1.165, 1.54) is 0 Å². The van der Waals surface area contributed by atoms with Gasteiger partial charge in [-0.2, -0.15) is 0 Å². The lowest BCUT2D eigenvalue weighted by molar-refractivity contribution is 0.0981. The Morgan fingerprint density at radius 3 is 2.33 bits per heavy atom. The Morgan fingerprint density at radius 1 is 1.00 bits per heavy atom. The van der Waals surface area contributed by atoms with Crippen molar-refractivity contribution in [3.63, 3.8) is 0 Å². The zero-order valence-corrected chi connectivity index (χ0v) is 9.18. The first kappa shape index (κ1) is 10.1. The molecule has 0 unspecified atom stereocenters. The van der Waals surface area contributed by atoms with Crippen molar-refractivity contribution in [2.45, 2.75) is 13.8 Å². The van der Waals surface area contributed by atoms with Gasteiger partial charge in [-0.1, -0.05) is 29.3 Å². The molecule has 15 heavy (non-hydrogen) atoms. The molecule has 1 aliphatic carbocycles. The molecule has 1 aromatic rings. The van der Waals surface area contributed by atoms with Gasteiger partial charge < -0.3 is 0 Å². The Labute approximate surface area is 92.6 Å². The lowest BCUT2D eigenvalue weighted by Crippen LogP contribution is -2.18. The van der Waals surface area contributed by atoms with Crippen LogP contribution < -0.4 is 0 Å². The van der Waals surface area contributed by atoms with Gasteiger partial charge in [0.2, 0.25) is 5.78 Å². The minimum absolute atomic E-state index is 0.0399. The highest BCUT2D eigenvalue weighted by Crippen LogP contribution is 2.28. The van der Waals surface area contributed by atoms with E-state index in [9.17, 15) is 9.59 Å². The van der Waals surface area contributed by atoms with Crippen molar-refractivity contribution in [3.8, 4) is 0 Å². The molecule has 3 heteroatoms. The normalized spacial score (nSPS) is 15.7. The summed E-state index contributed by atoms with van der Waals surface area (Å²) < 4.78 is 0. The van der Waals surface area contributed by atoms with Crippen molar-refractivity contribution in [3.05, 3.63) is 45.5 Å². The number of halogens is 1. The maximum Gasteiger partial charge on any atom is 0.205 e. The maximum atomic E-state index is 11.8. The van der Waals surface area contributed by atoms with Crippen LogP contribution in [0.25, 0.3) is 0 Å². The Morgan fingerprint density at radius 2 is 1.67 bits per heavy atom. The van der Waals surface area contributed by atoms with Crippen molar-refractivity contribution in [2.75, 3.05) is 0 Å². The molecule has 2 nitrogen and oxygen atoms in total. The molecule has 1 aliphatic rings. The largest absolute Gasteiger partial charge is 0.289 e. The molecular formula is C12H9ClO2. The molecule has 0 amide bonds. The van der Waals surface area contributed by atoms with Gasteiger partial charge >= 0.3 is 0 Å². The number of Topliss-reactive ketones (excluding diaryl/α,β-unsaturated/α-hetero) is 2. The highest BCUT2D eigenvalue weighted by molar-refractivity contribution is 6.49. The number of hydrogen-bond acceptors (Lipinski definition) is 2. The summed E-state index contributed by atoms with van der Waals surface area (Å²) in [5, 5.41) is 0.0399. The molecule has 0 N–H and O–H groups in total. The second-order valence-electron chi connectivity index (χ2n) is 3.65. The van der Waals surface area contributed by atoms with E-state index in [1.54, 1.807) is 19.1 Å². The fraction of sp³-hybridized carbons (Fsp3) is 0.167. The highest BCUT2D eigenvalue weighted by Gasteiger charge is 2.28. The first-order valence-electron chi connectivity index (χ1n) is 4.59. The number of hydrogen-bond donors (Lipinski definition) is 0. The molecule has 0 saturated heterocycles. The highest BCUT2D eigenvalue weighted by atomic mass is 35.5. The van der Waals surface area contributed by atoms with Crippen LogP contribution in [0.4, 0.5) is 0 Å².